The highest BCUT2D eigenvalue weighted by Crippen LogP contribution is 2.31. The minimum absolute atomic E-state index is 0.00801. The number of hydrogen-bond acceptors (Lipinski definition) is 7. The fraction of sp³-hybridized carbons (Fsp3) is 0.250. The standard InChI is InChI=1S/C36H35Cl3FN5O4/c1-2-49-35(48)21-44(13-14-46)26-8-5-24(6-9-26)36-43-32-17-25(7-12-33(32)45(36)20-23-4-11-30(40)29(39)16-23)31(18-34(41)47)42-19-22-3-10-27(37)28(38)15-22/h3-12,15-17,31,42,46H,2,13-14,18-21H2,1H3,(H2,41,47). The van der Waals surface area contributed by atoms with Gasteiger partial charge in [-0.15, -0.1) is 0 Å². The number of nitrogens with one attached hydrogen (secondary N) is 1. The zero-order valence-electron chi connectivity index (χ0n) is 26.6. The Kier molecular flexibility index (Phi) is 12.1. The summed E-state index contributed by atoms with van der Waals surface area (Å²) < 4.78 is 21.1. The van der Waals surface area contributed by atoms with Gasteiger partial charge < -0.3 is 30.4 Å². The number of nitrogens with two attached hydrogens (primary N) is 1. The second-order valence-corrected chi connectivity index (χ2v) is 12.6. The SMILES string of the molecule is CCOC(=O)CN(CCO)c1ccc(-c2nc3cc(C(CC(N)=O)NCc4ccc(Cl)c(Cl)c4)ccc3n2Cc2ccc(F)c(Cl)c2)cc1. The molecule has 9 nitrogen and oxygen atoms in total. The molecule has 1 heterocycles. The molecule has 256 valence electrons. The van der Waals surface area contributed by atoms with Crippen LogP contribution in [0.1, 0.15) is 36.1 Å². The van der Waals surface area contributed by atoms with Gasteiger partial charge in [-0.05, 0) is 84.3 Å². The third-order valence-corrected chi connectivity index (χ3v) is 8.96. The summed E-state index contributed by atoms with van der Waals surface area (Å²) in [5.41, 5.74) is 11.1. The van der Waals surface area contributed by atoms with Gasteiger partial charge in [0.05, 0.1) is 39.3 Å². The average Bonchev–Trinajstić information content (AvgIpc) is 3.43. The molecule has 1 unspecified atom stereocenters. The van der Waals surface area contributed by atoms with Crippen LogP contribution >= 0.6 is 34.8 Å². The van der Waals surface area contributed by atoms with Gasteiger partial charge in [-0.3, -0.25) is 9.59 Å². The van der Waals surface area contributed by atoms with Crippen molar-refractivity contribution < 1.29 is 23.8 Å². The molecule has 0 saturated carbocycles. The van der Waals surface area contributed by atoms with E-state index in [0.29, 0.717) is 34.5 Å². The van der Waals surface area contributed by atoms with Crippen LogP contribution in [0.4, 0.5) is 10.1 Å². The van der Waals surface area contributed by atoms with E-state index in [-0.39, 0.29) is 37.7 Å². The van der Waals surface area contributed by atoms with Gasteiger partial charge in [0.2, 0.25) is 5.91 Å². The molecule has 0 fully saturated rings. The molecule has 5 aromatic rings. The van der Waals surface area contributed by atoms with E-state index >= 15 is 0 Å². The molecule has 1 amide bonds. The predicted octanol–water partition coefficient (Wildman–Crippen LogP) is 6.92. The van der Waals surface area contributed by atoms with Crippen molar-refractivity contribution in [2.24, 2.45) is 5.73 Å². The summed E-state index contributed by atoms with van der Waals surface area (Å²) in [6, 6.07) is 22.7. The number of aliphatic hydroxyl groups is 1. The van der Waals surface area contributed by atoms with Crippen LogP contribution in [0.15, 0.2) is 78.9 Å². The van der Waals surface area contributed by atoms with Crippen LogP contribution in [-0.4, -0.2) is 52.8 Å². The maximum atomic E-state index is 14.0. The lowest BCUT2D eigenvalue weighted by atomic mass is 10.0. The molecule has 0 bridgehead atoms. The zero-order valence-corrected chi connectivity index (χ0v) is 28.9. The van der Waals surface area contributed by atoms with Gasteiger partial charge in [0, 0.05) is 43.3 Å². The van der Waals surface area contributed by atoms with Crippen LogP contribution in [0, 0.1) is 5.82 Å². The number of benzene rings is 4. The van der Waals surface area contributed by atoms with E-state index in [1.165, 1.54) is 6.07 Å². The number of rotatable bonds is 15. The lowest BCUT2D eigenvalue weighted by Gasteiger charge is -2.23. The summed E-state index contributed by atoms with van der Waals surface area (Å²) in [5, 5.41) is 13.9. The summed E-state index contributed by atoms with van der Waals surface area (Å²) in [6.07, 6.45) is 0.0477. The van der Waals surface area contributed by atoms with E-state index in [0.717, 1.165) is 33.5 Å². The van der Waals surface area contributed by atoms with Crippen LogP contribution in [0.2, 0.25) is 15.1 Å². The first-order valence-corrected chi connectivity index (χ1v) is 16.7. The number of aliphatic hydroxyl groups excluding tert-OH is 1. The van der Waals surface area contributed by atoms with Crippen molar-refractivity contribution in [2.45, 2.75) is 32.5 Å². The first-order chi connectivity index (χ1) is 23.6. The molecule has 0 spiro atoms. The molecule has 13 heteroatoms. The molecule has 49 heavy (non-hydrogen) atoms. The van der Waals surface area contributed by atoms with Crippen molar-refractivity contribution in [3.8, 4) is 11.4 Å². The number of ether oxygens (including phenoxy) is 1. The average molecular weight is 727 g/mol. The Labute approximate surface area is 298 Å². The molecule has 5 rings (SSSR count). The molecule has 4 aromatic carbocycles. The Balaban J connectivity index is 1.52. The predicted molar refractivity (Wildman–Crippen MR) is 191 cm³/mol. The van der Waals surface area contributed by atoms with Crippen molar-refractivity contribution >= 4 is 63.4 Å². The number of fused-ring (bicyclic) bond motifs is 1. The van der Waals surface area contributed by atoms with Gasteiger partial charge in [-0.25, -0.2) is 9.37 Å². The quantitative estimate of drug-likeness (QED) is 0.100. The first kappa shape index (κ1) is 36.1. The zero-order chi connectivity index (χ0) is 35.1. The number of anilines is 1. The van der Waals surface area contributed by atoms with Gasteiger partial charge in [-0.1, -0.05) is 53.0 Å². The van der Waals surface area contributed by atoms with Crippen LogP contribution in [0.25, 0.3) is 22.4 Å². The van der Waals surface area contributed by atoms with E-state index < -0.39 is 23.7 Å². The van der Waals surface area contributed by atoms with Crippen molar-refractivity contribution in [3.63, 3.8) is 0 Å². The van der Waals surface area contributed by atoms with Crippen molar-refractivity contribution in [1.82, 2.24) is 14.9 Å². The van der Waals surface area contributed by atoms with E-state index in [4.69, 9.17) is 50.3 Å². The van der Waals surface area contributed by atoms with Crippen LogP contribution < -0.4 is 16.0 Å². The third kappa shape index (κ3) is 9.09. The lowest BCUT2D eigenvalue weighted by Crippen LogP contribution is -2.33. The van der Waals surface area contributed by atoms with Gasteiger partial charge in [-0.2, -0.15) is 0 Å². The second kappa shape index (κ2) is 16.5. The number of esters is 1. The van der Waals surface area contributed by atoms with E-state index in [1.54, 1.807) is 36.1 Å². The van der Waals surface area contributed by atoms with Crippen LogP contribution in [0.5, 0.6) is 0 Å². The summed E-state index contributed by atoms with van der Waals surface area (Å²) in [6.45, 7) is 2.85. The fourth-order valence-corrected chi connectivity index (χ4v) is 6.09. The fourth-order valence-electron chi connectivity index (χ4n) is 5.57. The highest BCUT2D eigenvalue weighted by Gasteiger charge is 2.20. The lowest BCUT2D eigenvalue weighted by molar-refractivity contribution is -0.141. The van der Waals surface area contributed by atoms with Gasteiger partial charge >= 0.3 is 5.97 Å². The molecule has 0 aliphatic rings. The molecular formula is C36H35Cl3FN5O4. The number of carbonyl (C=O) groups is 2. The Hall–Kier alpha value is -4.19. The molecule has 1 atom stereocenters. The second-order valence-electron chi connectivity index (χ2n) is 11.4. The van der Waals surface area contributed by atoms with Gasteiger partial charge in [0.15, 0.2) is 0 Å². The molecule has 1 aromatic heterocycles. The van der Waals surface area contributed by atoms with Crippen molar-refractivity contribution in [3.05, 3.63) is 116 Å². The molecule has 0 saturated heterocycles. The highest BCUT2D eigenvalue weighted by atomic mass is 35.5. The molecule has 0 radical (unpaired) electrons. The monoisotopic (exact) mass is 725 g/mol. The molecular weight excluding hydrogens is 692 g/mol. The van der Waals surface area contributed by atoms with E-state index in [1.807, 2.05) is 53.1 Å². The number of amides is 1. The normalized spacial score (nSPS) is 11.9. The molecule has 0 aliphatic carbocycles. The number of imidazole rings is 1. The Morgan fingerprint density at radius 1 is 0.980 bits per heavy atom. The number of carbonyl (C=O) groups excluding carboxylic acids is 2. The van der Waals surface area contributed by atoms with Crippen LogP contribution in [0.3, 0.4) is 0 Å². The first-order valence-electron chi connectivity index (χ1n) is 15.6. The Morgan fingerprint density at radius 2 is 1.71 bits per heavy atom. The molecule has 0 aliphatic heterocycles. The number of primary amides is 1. The van der Waals surface area contributed by atoms with E-state index in [2.05, 4.69) is 5.32 Å². The van der Waals surface area contributed by atoms with E-state index in [9.17, 15) is 19.1 Å². The van der Waals surface area contributed by atoms with Crippen molar-refractivity contribution in [1.29, 1.82) is 0 Å². The van der Waals surface area contributed by atoms with Crippen LogP contribution in [-0.2, 0) is 27.4 Å². The maximum Gasteiger partial charge on any atom is 0.325 e. The summed E-state index contributed by atoms with van der Waals surface area (Å²) in [7, 11) is 0. The number of halogens is 4. The number of hydrogen-bond donors (Lipinski definition) is 3. The summed E-state index contributed by atoms with van der Waals surface area (Å²) >= 11 is 18.4. The largest absolute Gasteiger partial charge is 0.465 e. The number of nitrogens with zero attached hydrogens (tertiary/aromatic N) is 3. The molecule has 4 N–H and O–H groups in total. The Morgan fingerprint density at radius 3 is 2.39 bits per heavy atom. The van der Waals surface area contributed by atoms with Gasteiger partial charge in [0.25, 0.3) is 0 Å². The maximum absolute atomic E-state index is 14.0. The highest BCUT2D eigenvalue weighted by molar-refractivity contribution is 6.42. The Bertz CT molecular complexity index is 1950. The van der Waals surface area contributed by atoms with Crippen molar-refractivity contribution in [2.75, 3.05) is 31.2 Å². The summed E-state index contributed by atoms with van der Waals surface area (Å²) in [4.78, 5) is 31.1. The number of aromatic nitrogens is 2. The third-order valence-electron chi connectivity index (χ3n) is 7.93. The summed E-state index contributed by atoms with van der Waals surface area (Å²) in [5.74, 6) is -0.736. The smallest absolute Gasteiger partial charge is 0.325 e. The minimum Gasteiger partial charge on any atom is -0.465 e. The minimum atomic E-state index is -0.509. The van der Waals surface area contributed by atoms with Gasteiger partial charge in [0.1, 0.15) is 18.2 Å². The topological polar surface area (TPSA) is 123 Å².